The molecule has 0 aromatic carbocycles. The molecule has 4 aliphatic rings. The Hall–Kier alpha value is -0.560. The lowest BCUT2D eigenvalue weighted by Crippen LogP contribution is -2.46. The fraction of sp³-hybridized carbons (Fsp3) is 0.862. The smallest absolute Gasteiger partial charge is 0.0578 e. The van der Waals surface area contributed by atoms with Gasteiger partial charge in [-0.3, -0.25) is 0 Å². The van der Waals surface area contributed by atoms with E-state index >= 15 is 0 Å². The average molecular weight is 413 g/mol. The highest BCUT2D eigenvalue weighted by Crippen LogP contribution is 2.66. The molecule has 0 saturated heterocycles. The van der Waals surface area contributed by atoms with E-state index in [1.54, 1.807) is 11.1 Å². The molecule has 4 rings (SSSR count). The molecular formula is C29H48O. The normalized spacial score (nSPS) is 42.7. The molecule has 0 bridgehead atoms. The van der Waals surface area contributed by atoms with Crippen molar-refractivity contribution < 1.29 is 5.11 Å². The molecule has 0 aromatic heterocycles. The summed E-state index contributed by atoms with van der Waals surface area (Å²) < 4.78 is 0. The molecule has 0 aromatic rings. The molecule has 8 atom stereocenters. The second-order valence-corrected chi connectivity index (χ2v) is 12.5. The van der Waals surface area contributed by atoms with Crippen LogP contribution in [0.4, 0.5) is 0 Å². The van der Waals surface area contributed by atoms with Crippen LogP contribution in [0, 0.1) is 46.3 Å². The minimum absolute atomic E-state index is 0.109. The molecule has 1 unspecified atom stereocenters. The molecule has 3 saturated carbocycles. The van der Waals surface area contributed by atoms with E-state index in [0.29, 0.717) is 10.8 Å². The number of rotatable bonds is 6. The highest BCUT2D eigenvalue weighted by molar-refractivity contribution is 5.38. The molecule has 1 heteroatoms. The zero-order chi connectivity index (χ0) is 21.7. The average Bonchev–Trinajstić information content (AvgIpc) is 3.06. The Morgan fingerprint density at radius 3 is 2.43 bits per heavy atom. The fourth-order valence-electron chi connectivity index (χ4n) is 8.65. The Kier molecular flexibility index (Phi) is 6.35. The second-order valence-electron chi connectivity index (χ2n) is 12.5. The largest absolute Gasteiger partial charge is 0.393 e. The molecule has 170 valence electrons. The lowest BCUT2D eigenvalue weighted by Gasteiger charge is -2.55. The van der Waals surface area contributed by atoms with Gasteiger partial charge < -0.3 is 5.11 Å². The first-order valence-corrected chi connectivity index (χ1v) is 13.3. The van der Waals surface area contributed by atoms with E-state index in [9.17, 15) is 5.11 Å². The first kappa shape index (κ1) is 22.6. The van der Waals surface area contributed by atoms with Crippen LogP contribution in [0.15, 0.2) is 23.3 Å². The summed E-state index contributed by atoms with van der Waals surface area (Å²) in [5.74, 6) is 5.03. The van der Waals surface area contributed by atoms with Crippen LogP contribution in [0.5, 0.6) is 0 Å². The Balaban J connectivity index is 1.51. The van der Waals surface area contributed by atoms with Crippen molar-refractivity contribution in [3.8, 4) is 0 Å². The minimum Gasteiger partial charge on any atom is -0.393 e. The molecule has 3 fully saturated rings. The molecule has 0 amide bonds. The molecule has 0 aliphatic heterocycles. The van der Waals surface area contributed by atoms with Crippen molar-refractivity contribution in [1.29, 1.82) is 0 Å². The monoisotopic (exact) mass is 412 g/mol. The van der Waals surface area contributed by atoms with Crippen molar-refractivity contribution in [2.45, 2.75) is 112 Å². The Labute approximate surface area is 186 Å². The number of hydrogen-bond acceptors (Lipinski definition) is 1. The van der Waals surface area contributed by atoms with E-state index in [4.69, 9.17) is 0 Å². The zero-order valence-electron chi connectivity index (χ0n) is 20.7. The molecule has 1 nitrogen and oxygen atoms in total. The van der Waals surface area contributed by atoms with Crippen molar-refractivity contribution in [2.75, 3.05) is 0 Å². The van der Waals surface area contributed by atoms with Crippen LogP contribution >= 0.6 is 0 Å². The van der Waals surface area contributed by atoms with Gasteiger partial charge in [-0.05, 0) is 97.7 Å². The molecule has 1 N–H and O–H groups in total. The van der Waals surface area contributed by atoms with Crippen LogP contribution in [0.2, 0.25) is 0 Å². The van der Waals surface area contributed by atoms with Gasteiger partial charge in [0.05, 0.1) is 6.10 Å². The van der Waals surface area contributed by atoms with E-state index < -0.39 is 0 Å². The standard InChI is InChI=1S/C29H48O/c1-7-21(19(2)3)9-8-20(4)25-12-13-26-24-11-10-22-18-23(30)14-16-28(22,5)27(24)15-17-29(25,26)6/h10-11,19-21,23,25-27,30H,7-9,12-18H2,1-6H3/t20-,21?,23+,25-,26+,27+,28+,29-/m1/s1. The summed E-state index contributed by atoms with van der Waals surface area (Å²) in [7, 11) is 0. The van der Waals surface area contributed by atoms with Crippen LogP contribution in [0.3, 0.4) is 0 Å². The summed E-state index contributed by atoms with van der Waals surface area (Å²) in [6, 6.07) is 0. The number of aliphatic hydroxyl groups is 1. The van der Waals surface area contributed by atoms with Gasteiger partial charge in [0.2, 0.25) is 0 Å². The van der Waals surface area contributed by atoms with E-state index in [0.717, 1.165) is 48.3 Å². The SMILES string of the molecule is CCC(CC[C@@H](C)[C@H]1CC[C@H]2C3=CC=C4C[C@@H](O)CC[C@]4(C)[C@H]3CC[C@]12C)C(C)C. The Morgan fingerprint density at radius 1 is 0.967 bits per heavy atom. The topological polar surface area (TPSA) is 20.2 Å². The summed E-state index contributed by atoms with van der Waals surface area (Å²) in [6.45, 7) is 15.0. The maximum absolute atomic E-state index is 10.2. The van der Waals surface area contributed by atoms with Crippen LogP contribution in [0.25, 0.3) is 0 Å². The van der Waals surface area contributed by atoms with E-state index in [2.05, 4.69) is 53.7 Å². The van der Waals surface area contributed by atoms with E-state index in [1.807, 2.05) is 0 Å². The lowest BCUT2D eigenvalue weighted by molar-refractivity contribution is 0.0315. The number of fused-ring (bicyclic) bond motifs is 5. The number of aliphatic hydroxyl groups excluding tert-OH is 1. The minimum atomic E-state index is -0.109. The maximum atomic E-state index is 10.2. The summed E-state index contributed by atoms with van der Waals surface area (Å²) in [6.07, 6.45) is 17.8. The zero-order valence-corrected chi connectivity index (χ0v) is 20.7. The number of allylic oxidation sites excluding steroid dienone is 3. The highest BCUT2D eigenvalue weighted by atomic mass is 16.3. The summed E-state index contributed by atoms with van der Waals surface area (Å²) in [4.78, 5) is 0. The Bertz CT molecular complexity index is 686. The van der Waals surface area contributed by atoms with E-state index in [1.165, 1.54) is 51.4 Å². The third-order valence-electron chi connectivity index (χ3n) is 10.8. The van der Waals surface area contributed by atoms with Crippen LogP contribution in [0.1, 0.15) is 106 Å². The summed E-state index contributed by atoms with van der Waals surface area (Å²) in [5.41, 5.74) is 4.17. The van der Waals surface area contributed by atoms with Crippen LogP contribution in [-0.2, 0) is 0 Å². The summed E-state index contributed by atoms with van der Waals surface area (Å²) >= 11 is 0. The molecule has 0 spiro atoms. The molecule has 0 heterocycles. The van der Waals surface area contributed by atoms with Crippen molar-refractivity contribution in [3.05, 3.63) is 23.3 Å². The van der Waals surface area contributed by atoms with Crippen molar-refractivity contribution >= 4 is 0 Å². The van der Waals surface area contributed by atoms with Gasteiger partial charge in [0, 0.05) is 0 Å². The van der Waals surface area contributed by atoms with Crippen LogP contribution < -0.4 is 0 Å². The maximum Gasteiger partial charge on any atom is 0.0578 e. The van der Waals surface area contributed by atoms with Gasteiger partial charge in [-0.2, -0.15) is 0 Å². The quantitative estimate of drug-likeness (QED) is 0.469. The fourth-order valence-corrected chi connectivity index (χ4v) is 8.65. The Morgan fingerprint density at radius 2 is 1.73 bits per heavy atom. The van der Waals surface area contributed by atoms with Crippen molar-refractivity contribution in [1.82, 2.24) is 0 Å². The van der Waals surface area contributed by atoms with Gasteiger partial charge in [-0.15, -0.1) is 0 Å². The second kappa shape index (κ2) is 8.42. The lowest BCUT2D eigenvalue weighted by atomic mass is 9.50. The predicted molar refractivity (Wildman–Crippen MR) is 128 cm³/mol. The first-order chi connectivity index (χ1) is 14.2. The van der Waals surface area contributed by atoms with Gasteiger partial charge in [0.25, 0.3) is 0 Å². The van der Waals surface area contributed by atoms with Crippen LogP contribution in [-0.4, -0.2) is 11.2 Å². The van der Waals surface area contributed by atoms with Gasteiger partial charge in [0.15, 0.2) is 0 Å². The molecule has 30 heavy (non-hydrogen) atoms. The predicted octanol–water partition coefficient (Wildman–Crippen LogP) is 7.94. The van der Waals surface area contributed by atoms with Crippen molar-refractivity contribution in [2.24, 2.45) is 46.3 Å². The first-order valence-electron chi connectivity index (χ1n) is 13.3. The molecule has 0 radical (unpaired) electrons. The van der Waals surface area contributed by atoms with Gasteiger partial charge in [-0.1, -0.05) is 77.7 Å². The molecular weight excluding hydrogens is 364 g/mol. The highest BCUT2D eigenvalue weighted by Gasteiger charge is 2.56. The third-order valence-corrected chi connectivity index (χ3v) is 10.8. The van der Waals surface area contributed by atoms with Crippen molar-refractivity contribution in [3.63, 3.8) is 0 Å². The van der Waals surface area contributed by atoms with Gasteiger partial charge >= 0.3 is 0 Å². The van der Waals surface area contributed by atoms with E-state index in [-0.39, 0.29) is 6.10 Å². The van der Waals surface area contributed by atoms with Gasteiger partial charge in [-0.25, -0.2) is 0 Å². The third kappa shape index (κ3) is 3.66. The molecule has 4 aliphatic carbocycles. The summed E-state index contributed by atoms with van der Waals surface area (Å²) in [5, 5.41) is 10.2. The van der Waals surface area contributed by atoms with Gasteiger partial charge in [0.1, 0.15) is 0 Å². The number of hydrogen-bond donors (Lipinski definition) is 1.